The van der Waals surface area contributed by atoms with Gasteiger partial charge in [0.25, 0.3) is 0 Å². The Kier molecular flexibility index (Phi) is 6.77. The number of halogens is 2. The Labute approximate surface area is 235 Å². The first kappa shape index (κ1) is 24.5. The summed E-state index contributed by atoms with van der Waals surface area (Å²) in [6.45, 7) is 0. The molecule has 5 nitrogen and oxygen atoms in total. The molecule has 1 fully saturated rings. The Bertz CT molecular complexity index is 1580. The van der Waals surface area contributed by atoms with Crippen LogP contribution in [-0.4, -0.2) is 10.1 Å². The van der Waals surface area contributed by atoms with E-state index in [0.717, 1.165) is 34.2 Å². The third kappa shape index (κ3) is 4.86. The second-order valence-electron chi connectivity index (χ2n) is 8.73. The number of furan rings is 1. The first-order valence-electron chi connectivity index (χ1n) is 12.0. The van der Waals surface area contributed by atoms with E-state index in [1.54, 1.807) is 18.3 Å². The lowest BCUT2D eigenvalue weighted by molar-refractivity contribution is 0.439. The molecule has 1 aliphatic heterocycles. The minimum Gasteiger partial charge on any atom is -0.459 e. The van der Waals surface area contributed by atoms with Gasteiger partial charge in [0.1, 0.15) is 29.1 Å². The summed E-state index contributed by atoms with van der Waals surface area (Å²) < 4.78 is 12.4. The molecule has 188 valence electrons. The average Bonchev–Trinajstić information content (AvgIpc) is 3.55. The molecule has 8 heteroatoms. The number of para-hydroxylation sites is 1. The number of nitrogens with one attached hydrogen (secondary N) is 1. The van der Waals surface area contributed by atoms with Crippen molar-refractivity contribution in [2.45, 2.75) is 12.1 Å². The van der Waals surface area contributed by atoms with Gasteiger partial charge in [-0.15, -0.1) is 0 Å². The fraction of sp³-hybridized carbons (Fsp3) is 0.0667. The molecule has 2 aromatic heterocycles. The Morgan fingerprint density at radius 1 is 0.842 bits per heavy atom. The minimum atomic E-state index is -0.293. The van der Waals surface area contributed by atoms with Crippen molar-refractivity contribution < 1.29 is 9.15 Å². The second-order valence-corrected chi connectivity index (χ2v) is 9.96. The molecule has 1 N–H and O–H groups in total. The Hall–Kier alpha value is -3.84. The van der Waals surface area contributed by atoms with Gasteiger partial charge in [0, 0.05) is 22.5 Å². The van der Waals surface area contributed by atoms with Crippen molar-refractivity contribution >= 4 is 46.2 Å². The Morgan fingerprint density at radius 3 is 2.34 bits per heavy atom. The molecule has 0 aliphatic carbocycles. The molecule has 3 heterocycles. The minimum absolute atomic E-state index is 0.233. The fourth-order valence-electron chi connectivity index (χ4n) is 4.57. The van der Waals surface area contributed by atoms with E-state index >= 15 is 0 Å². The first-order valence-corrected chi connectivity index (χ1v) is 13.1. The van der Waals surface area contributed by atoms with Crippen LogP contribution in [0.15, 0.2) is 114 Å². The van der Waals surface area contributed by atoms with Gasteiger partial charge in [-0.05, 0) is 91.1 Å². The van der Waals surface area contributed by atoms with E-state index < -0.39 is 0 Å². The zero-order valence-corrected chi connectivity index (χ0v) is 22.3. The van der Waals surface area contributed by atoms with Gasteiger partial charge in [-0.1, -0.05) is 47.5 Å². The number of benzene rings is 3. The van der Waals surface area contributed by atoms with Gasteiger partial charge in [-0.2, -0.15) is 0 Å². The fourth-order valence-corrected chi connectivity index (χ4v) is 5.41. The molecule has 0 bridgehead atoms. The maximum atomic E-state index is 6.47. The topological polar surface area (TPSA) is 50.5 Å². The lowest BCUT2D eigenvalue weighted by atomic mass is 10.0. The molecule has 1 saturated heterocycles. The van der Waals surface area contributed by atoms with Crippen molar-refractivity contribution in [2.24, 2.45) is 0 Å². The number of hydrogen-bond acceptors (Lipinski definition) is 4. The third-order valence-electron chi connectivity index (χ3n) is 6.31. The van der Waals surface area contributed by atoms with Crippen LogP contribution in [-0.2, 0) is 0 Å². The lowest BCUT2D eigenvalue weighted by Gasteiger charge is -2.26. The number of anilines is 1. The number of ether oxygens (including phenoxy) is 1. The number of rotatable bonds is 6. The molecule has 0 radical (unpaired) electrons. The van der Waals surface area contributed by atoms with E-state index in [1.165, 1.54) is 0 Å². The quantitative estimate of drug-likeness (QED) is 0.211. The largest absolute Gasteiger partial charge is 0.459 e. The number of thiocarbonyl (C=S) groups is 1. The van der Waals surface area contributed by atoms with Gasteiger partial charge in [0.05, 0.1) is 16.8 Å². The van der Waals surface area contributed by atoms with E-state index in [-0.39, 0.29) is 12.1 Å². The summed E-state index contributed by atoms with van der Waals surface area (Å²) in [6.07, 6.45) is 1.77. The van der Waals surface area contributed by atoms with E-state index in [1.807, 2.05) is 95.9 Å². The zero-order valence-electron chi connectivity index (χ0n) is 19.9. The molecule has 0 amide bonds. The molecule has 38 heavy (non-hydrogen) atoms. The molecule has 0 spiro atoms. The normalized spacial score (nSPS) is 16.9. The van der Waals surface area contributed by atoms with Crippen LogP contribution in [0.4, 0.5) is 5.69 Å². The zero-order chi connectivity index (χ0) is 26.1. The Morgan fingerprint density at radius 2 is 1.61 bits per heavy atom. The van der Waals surface area contributed by atoms with Gasteiger partial charge in [0.2, 0.25) is 0 Å². The molecular formula is C30H21Cl2N3O2S. The maximum absolute atomic E-state index is 6.47. The molecule has 3 aromatic carbocycles. The molecule has 1 aliphatic rings. The van der Waals surface area contributed by atoms with Crippen LogP contribution in [0, 0.1) is 0 Å². The molecular weight excluding hydrogens is 537 g/mol. The third-order valence-corrected chi connectivity index (χ3v) is 7.17. The van der Waals surface area contributed by atoms with Crippen molar-refractivity contribution in [3.63, 3.8) is 0 Å². The van der Waals surface area contributed by atoms with Crippen LogP contribution in [0.1, 0.15) is 23.5 Å². The van der Waals surface area contributed by atoms with Crippen LogP contribution in [0.2, 0.25) is 10.0 Å². The molecule has 6 rings (SSSR count). The molecule has 2 atom stereocenters. The van der Waals surface area contributed by atoms with E-state index in [2.05, 4.69) is 10.3 Å². The smallest absolute Gasteiger partial charge is 0.174 e. The van der Waals surface area contributed by atoms with Gasteiger partial charge in [0.15, 0.2) is 5.11 Å². The highest BCUT2D eigenvalue weighted by molar-refractivity contribution is 7.80. The summed E-state index contributed by atoms with van der Waals surface area (Å²) in [4.78, 5) is 6.65. The SMILES string of the molecule is S=C1N[C@@H](c2ccccn2)[C@H](c2ccc(-c3ccc(Cl)cc3Cl)o2)N1c1ccc(Oc2ccccc2)cc1. The number of pyridine rings is 1. The van der Waals surface area contributed by atoms with Crippen molar-refractivity contribution in [3.05, 3.63) is 131 Å². The van der Waals surface area contributed by atoms with Crippen LogP contribution >= 0.6 is 35.4 Å². The predicted molar refractivity (Wildman–Crippen MR) is 155 cm³/mol. The van der Waals surface area contributed by atoms with Gasteiger partial charge in [-0.25, -0.2) is 0 Å². The summed E-state index contributed by atoms with van der Waals surface area (Å²) in [7, 11) is 0. The van der Waals surface area contributed by atoms with Crippen molar-refractivity contribution in [2.75, 3.05) is 4.90 Å². The first-order chi connectivity index (χ1) is 18.6. The van der Waals surface area contributed by atoms with Crippen LogP contribution in [0.3, 0.4) is 0 Å². The number of nitrogens with zero attached hydrogens (tertiary/aromatic N) is 2. The van der Waals surface area contributed by atoms with Crippen molar-refractivity contribution in [1.29, 1.82) is 0 Å². The molecule has 0 saturated carbocycles. The number of hydrogen-bond donors (Lipinski definition) is 1. The maximum Gasteiger partial charge on any atom is 0.174 e. The summed E-state index contributed by atoms with van der Waals surface area (Å²) in [6, 6.07) is 32.0. The lowest BCUT2D eigenvalue weighted by Crippen LogP contribution is -2.29. The van der Waals surface area contributed by atoms with Gasteiger partial charge >= 0.3 is 0 Å². The summed E-state index contributed by atoms with van der Waals surface area (Å²) >= 11 is 18.4. The molecule has 5 aromatic rings. The summed E-state index contributed by atoms with van der Waals surface area (Å²) in [5.41, 5.74) is 2.52. The number of aromatic nitrogens is 1. The van der Waals surface area contributed by atoms with Crippen molar-refractivity contribution in [1.82, 2.24) is 10.3 Å². The van der Waals surface area contributed by atoms with Crippen LogP contribution in [0.25, 0.3) is 11.3 Å². The van der Waals surface area contributed by atoms with E-state index in [9.17, 15) is 0 Å². The molecule has 0 unspecified atom stereocenters. The summed E-state index contributed by atoms with van der Waals surface area (Å²) in [5, 5.41) is 5.11. The predicted octanol–water partition coefficient (Wildman–Crippen LogP) is 8.62. The second kappa shape index (κ2) is 10.5. The highest BCUT2D eigenvalue weighted by atomic mass is 35.5. The van der Waals surface area contributed by atoms with Crippen LogP contribution in [0.5, 0.6) is 11.5 Å². The summed E-state index contributed by atoms with van der Waals surface area (Å²) in [5.74, 6) is 2.87. The van der Waals surface area contributed by atoms with E-state index in [4.69, 9.17) is 44.6 Å². The van der Waals surface area contributed by atoms with E-state index in [0.29, 0.717) is 20.9 Å². The monoisotopic (exact) mass is 557 g/mol. The van der Waals surface area contributed by atoms with Gasteiger partial charge < -0.3 is 19.4 Å². The van der Waals surface area contributed by atoms with Gasteiger partial charge in [-0.3, -0.25) is 4.98 Å². The standard InChI is InChI=1S/C30H21Cl2N3O2S/c31-19-9-14-23(24(32)18-19)26-15-16-27(37-26)29-28(25-8-4-5-17-33-25)34-30(38)35(29)20-10-12-22(13-11-20)36-21-6-2-1-3-7-21/h1-18,28-29H,(H,34,38)/t28-,29-/m0/s1. The Balaban J connectivity index is 1.37. The highest BCUT2D eigenvalue weighted by Gasteiger charge is 2.42. The van der Waals surface area contributed by atoms with Crippen LogP contribution < -0.4 is 15.0 Å². The van der Waals surface area contributed by atoms with Crippen molar-refractivity contribution in [3.8, 4) is 22.8 Å². The highest BCUT2D eigenvalue weighted by Crippen LogP contribution is 2.44. The average molecular weight is 558 g/mol.